The van der Waals surface area contributed by atoms with Crippen molar-refractivity contribution in [3.63, 3.8) is 0 Å². The molecule has 7 nitrogen and oxygen atoms in total. The molecule has 8 heteroatoms. The molecule has 1 unspecified atom stereocenters. The first-order valence-corrected chi connectivity index (χ1v) is 11.3. The molecule has 2 aromatic rings. The van der Waals surface area contributed by atoms with Crippen LogP contribution in [0.5, 0.6) is 0 Å². The third-order valence-electron chi connectivity index (χ3n) is 5.82. The Labute approximate surface area is 177 Å². The Kier molecular flexibility index (Phi) is 5.92. The Morgan fingerprint density at radius 1 is 1.41 bits per heavy atom. The number of aromatic nitrogens is 3. The average Bonchev–Trinajstić information content (AvgIpc) is 3.26. The second-order valence-corrected chi connectivity index (χ2v) is 10.1. The summed E-state index contributed by atoms with van der Waals surface area (Å²) in [6.07, 6.45) is 5.63. The summed E-state index contributed by atoms with van der Waals surface area (Å²) in [6.45, 7) is 6.83. The predicted octanol–water partition coefficient (Wildman–Crippen LogP) is 2.68. The first-order valence-electron chi connectivity index (χ1n) is 10.4. The van der Waals surface area contributed by atoms with Crippen LogP contribution < -0.4 is 10.6 Å². The second kappa shape index (κ2) is 8.44. The van der Waals surface area contributed by atoms with Gasteiger partial charge in [-0.25, -0.2) is 9.67 Å². The molecule has 0 aromatic carbocycles. The second-order valence-electron chi connectivity index (χ2n) is 8.87. The van der Waals surface area contributed by atoms with Gasteiger partial charge in [-0.1, -0.05) is 13.8 Å². The van der Waals surface area contributed by atoms with Crippen LogP contribution in [0.3, 0.4) is 0 Å². The van der Waals surface area contributed by atoms with Crippen molar-refractivity contribution >= 4 is 17.3 Å². The Balaban J connectivity index is 1.32. The molecule has 2 aromatic heterocycles. The minimum atomic E-state index is 0.295. The third-order valence-corrected chi connectivity index (χ3v) is 7.05. The number of fused-ring (bicyclic) bond motifs is 2. The fourth-order valence-electron chi connectivity index (χ4n) is 4.26. The first kappa shape index (κ1) is 20.3. The van der Waals surface area contributed by atoms with Gasteiger partial charge in [0.2, 0.25) is 0 Å². The normalized spacial score (nSPS) is 20.8. The number of thiophene rings is 1. The molecule has 1 aliphatic heterocycles. The molecule has 2 N–H and O–H groups in total. The summed E-state index contributed by atoms with van der Waals surface area (Å²) in [4.78, 5) is 11.9. The van der Waals surface area contributed by atoms with Gasteiger partial charge in [-0.15, -0.1) is 11.3 Å². The maximum Gasteiger partial charge on any atom is 0.191 e. The van der Waals surface area contributed by atoms with Crippen molar-refractivity contribution in [3.8, 4) is 0 Å². The quantitative estimate of drug-likeness (QED) is 0.579. The lowest BCUT2D eigenvalue weighted by atomic mass is 9.77. The zero-order valence-electron chi connectivity index (χ0n) is 17.9. The monoisotopic (exact) mass is 416 g/mol. The zero-order chi connectivity index (χ0) is 20.4. The predicted molar refractivity (Wildman–Crippen MR) is 116 cm³/mol. The van der Waals surface area contributed by atoms with Gasteiger partial charge in [0, 0.05) is 36.4 Å². The number of ether oxygens (including phenoxy) is 1. The summed E-state index contributed by atoms with van der Waals surface area (Å²) >= 11 is 1.95. The molecular formula is C21H32N6OS. The number of nitrogens with zero attached hydrogens (tertiary/aromatic N) is 4. The molecule has 29 heavy (non-hydrogen) atoms. The fraction of sp³-hybridized carbons (Fsp3) is 0.667. The van der Waals surface area contributed by atoms with Crippen LogP contribution in [-0.2, 0) is 43.7 Å². The lowest BCUT2D eigenvalue weighted by molar-refractivity contribution is 0.177. The average molecular weight is 417 g/mol. The van der Waals surface area contributed by atoms with Gasteiger partial charge in [-0.2, -0.15) is 5.10 Å². The molecule has 0 radical (unpaired) electrons. The molecule has 0 bridgehead atoms. The highest BCUT2D eigenvalue weighted by molar-refractivity contribution is 7.12. The molecule has 4 rings (SSSR count). The molecule has 1 aliphatic carbocycles. The Hall–Kier alpha value is -1.93. The van der Waals surface area contributed by atoms with E-state index in [1.807, 2.05) is 23.1 Å². The van der Waals surface area contributed by atoms with Crippen LogP contribution >= 0.6 is 11.3 Å². The summed E-state index contributed by atoms with van der Waals surface area (Å²) in [5, 5.41) is 11.6. The number of nitrogens with one attached hydrogen (secondary N) is 2. The Morgan fingerprint density at radius 2 is 2.28 bits per heavy atom. The van der Waals surface area contributed by atoms with Crippen molar-refractivity contribution in [2.45, 2.75) is 71.7 Å². The van der Waals surface area contributed by atoms with Crippen molar-refractivity contribution in [2.75, 3.05) is 14.2 Å². The van der Waals surface area contributed by atoms with Crippen molar-refractivity contribution < 1.29 is 4.74 Å². The smallest absolute Gasteiger partial charge is 0.191 e. The van der Waals surface area contributed by atoms with Crippen LogP contribution in [0.4, 0.5) is 0 Å². The molecule has 0 saturated carbocycles. The lowest BCUT2D eigenvalue weighted by Gasteiger charge is -2.29. The van der Waals surface area contributed by atoms with Crippen LogP contribution in [-0.4, -0.2) is 40.9 Å². The summed E-state index contributed by atoms with van der Waals surface area (Å²) in [5.74, 6) is 2.66. The summed E-state index contributed by atoms with van der Waals surface area (Å²) in [7, 11) is 3.50. The molecule has 0 spiro atoms. The van der Waals surface area contributed by atoms with Crippen LogP contribution in [0.2, 0.25) is 0 Å². The summed E-state index contributed by atoms with van der Waals surface area (Å²) < 4.78 is 7.15. The van der Waals surface area contributed by atoms with E-state index >= 15 is 0 Å². The summed E-state index contributed by atoms with van der Waals surface area (Å²) in [5.41, 5.74) is 1.98. The van der Waals surface area contributed by atoms with E-state index in [1.54, 1.807) is 17.6 Å². The largest absolute Gasteiger partial charge is 0.377 e. The molecule has 1 atom stereocenters. The molecule has 3 heterocycles. The van der Waals surface area contributed by atoms with E-state index in [0.717, 1.165) is 43.5 Å². The summed E-state index contributed by atoms with van der Waals surface area (Å²) in [6, 6.07) is 2.68. The number of aryl methyl sites for hydroxylation is 2. The topological polar surface area (TPSA) is 76.4 Å². The molecule has 2 aliphatic rings. The number of guanidine groups is 1. The Bertz CT molecular complexity index is 884. The maximum absolute atomic E-state index is 5.15. The maximum atomic E-state index is 5.15. The molecule has 0 amide bonds. The van der Waals surface area contributed by atoms with Crippen molar-refractivity contribution in [1.82, 2.24) is 25.4 Å². The molecule has 0 fully saturated rings. The number of methoxy groups -OCH3 is 1. The van der Waals surface area contributed by atoms with Crippen LogP contribution in [0.25, 0.3) is 0 Å². The standard InChI is InChI=1S/C21H32N6OS/c1-21(2)8-7-17-14(10-21)9-16(29-17)11-23-20(22-3)24-15-5-6-19-25-18(13-28-4)26-27(19)12-15/h9,15H,5-8,10-13H2,1-4H3,(H2,22,23,24). The van der Waals surface area contributed by atoms with Gasteiger partial charge in [0.25, 0.3) is 0 Å². The van der Waals surface area contributed by atoms with E-state index in [9.17, 15) is 0 Å². The van der Waals surface area contributed by atoms with Gasteiger partial charge in [-0.3, -0.25) is 4.99 Å². The zero-order valence-corrected chi connectivity index (χ0v) is 18.7. The third kappa shape index (κ3) is 4.80. The van der Waals surface area contributed by atoms with E-state index < -0.39 is 0 Å². The van der Waals surface area contributed by atoms with Gasteiger partial charge in [0.05, 0.1) is 13.1 Å². The van der Waals surface area contributed by atoms with Crippen molar-refractivity contribution in [1.29, 1.82) is 0 Å². The highest BCUT2D eigenvalue weighted by Crippen LogP contribution is 2.38. The fourth-order valence-corrected chi connectivity index (χ4v) is 5.39. The highest BCUT2D eigenvalue weighted by atomic mass is 32.1. The molecular weight excluding hydrogens is 384 g/mol. The van der Waals surface area contributed by atoms with E-state index in [0.29, 0.717) is 18.1 Å². The highest BCUT2D eigenvalue weighted by Gasteiger charge is 2.27. The number of hydrogen-bond donors (Lipinski definition) is 2. The van der Waals surface area contributed by atoms with Crippen molar-refractivity contribution in [3.05, 3.63) is 33.0 Å². The number of hydrogen-bond acceptors (Lipinski definition) is 5. The van der Waals surface area contributed by atoms with E-state index in [2.05, 4.69) is 45.6 Å². The van der Waals surface area contributed by atoms with E-state index in [-0.39, 0.29) is 0 Å². The molecule has 0 saturated heterocycles. The van der Waals surface area contributed by atoms with Gasteiger partial charge in [0.15, 0.2) is 11.8 Å². The molecule has 158 valence electrons. The van der Waals surface area contributed by atoms with Crippen LogP contribution in [0, 0.1) is 5.41 Å². The van der Waals surface area contributed by atoms with Crippen LogP contribution in [0.15, 0.2) is 11.1 Å². The number of rotatable bonds is 5. The van der Waals surface area contributed by atoms with Gasteiger partial charge in [0.1, 0.15) is 12.4 Å². The van der Waals surface area contributed by atoms with Gasteiger partial charge < -0.3 is 15.4 Å². The Morgan fingerprint density at radius 3 is 3.07 bits per heavy atom. The first-order chi connectivity index (χ1) is 14.0. The van der Waals surface area contributed by atoms with E-state index in [4.69, 9.17) is 4.74 Å². The van der Waals surface area contributed by atoms with E-state index in [1.165, 1.54) is 24.1 Å². The van der Waals surface area contributed by atoms with Crippen molar-refractivity contribution in [2.24, 2.45) is 10.4 Å². The SMILES string of the molecule is CN=C(NCc1cc2c(s1)CCC(C)(C)C2)NC1CCc2nc(COC)nn2C1. The lowest BCUT2D eigenvalue weighted by Crippen LogP contribution is -2.46. The van der Waals surface area contributed by atoms with Crippen LogP contribution in [0.1, 0.15) is 53.7 Å². The van der Waals surface area contributed by atoms with Gasteiger partial charge in [-0.05, 0) is 42.7 Å². The minimum Gasteiger partial charge on any atom is -0.377 e. The minimum absolute atomic E-state index is 0.295. The number of aliphatic imine (C=N–C) groups is 1. The van der Waals surface area contributed by atoms with Gasteiger partial charge >= 0.3 is 0 Å².